The van der Waals surface area contributed by atoms with Gasteiger partial charge in [0.2, 0.25) is 0 Å². The molecule has 2 saturated heterocycles. The summed E-state index contributed by atoms with van der Waals surface area (Å²) in [6, 6.07) is -0.384. The fraction of sp³-hybridized carbons (Fsp3) is 0.455. The lowest BCUT2D eigenvalue weighted by molar-refractivity contribution is -0.0583. The Bertz CT molecular complexity index is 794. The predicted molar refractivity (Wildman–Crippen MR) is 85.7 cm³/mol. The molecule has 8 nitrogen and oxygen atoms in total. The molecule has 0 unspecified atom stereocenters. The zero-order valence-electron chi connectivity index (χ0n) is 11.5. The molecule has 0 saturated carbocycles. The number of urea groups is 1. The van der Waals surface area contributed by atoms with Crippen molar-refractivity contribution in [2.24, 2.45) is 10.1 Å². The number of hydrogen-bond donors (Lipinski definition) is 2. The highest BCUT2D eigenvalue weighted by Crippen LogP contribution is 2.35. The summed E-state index contributed by atoms with van der Waals surface area (Å²) in [6.07, 6.45) is 0.918. The van der Waals surface area contributed by atoms with Gasteiger partial charge in [0.25, 0.3) is 10.0 Å². The molecule has 1 aromatic rings. The first-order valence-corrected chi connectivity index (χ1v) is 9.56. The summed E-state index contributed by atoms with van der Waals surface area (Å²) in [5.41, 5.74) is 5.83. The smallest absolute Gasteiger partial charge is 0.344 e. The lowest BCUT2D eigenvalue weighted by Gasteiger charge is -2.29. The first-order valence-electron chi connectivity index (χ1n) is 6.54. The van der Waals surface area contributed by atoms with Crippen LogP contribution in [0.3, 0.4) is 0 Å². The molecular formula is C11H12Cl2N4O4S2. The average Bonchev–Trinajstić information content (AvgIpc) is 2.92. The zero-order valence-corrected chi connectivity index (χ0v) is 14.7. The van der Waals surface area contributed by atoms with E-state index in [1.54, 1.807) is 0 Å². The van der Waals surface area contributed by atoms with Crippen LogP contribution in [0.1, 0.15) is 12.8 Å². The van der Waals surface area contributed by atoms with E-state index in [9.17, 15) is 18.4 Å². The number of rotatable bonds is 3. The first kappa shape index (κ1) is 16.8. The number of hydrogen-bond acceptors (Lipinski definition) is 5. The Morgan fingerprint density at radius 1 is 1.43 bits per heavy atom. The molecule has 3 heterocycles. The van der Waals surface area contributed by atoms with Gasteiger partial charge in [-0.3, -0.25) is 5.21 Å². The lowest BCUT2D eigenvalue weighted by Crippen LogP contribution is -2.48. The highest BCUT2D eigenvalue weighted by molar-refractivity contribution is 7.90. The summed E-state index contributed by atoms with van der Waals surface area (Å²) in [5.74, 6) is -0.217. The molecule has 126 valence electrons. The monoisotopic (exact) mass is 398 g/mol. The Morgan fingerprint density at radius 2 is 2.13 bits per heavy atom. The minimum Gasteiger partial charge on any atom is -0.385 e. The molecule has 3 N–H and O–H groups in total. The quantitative estimate of drug-likeness (QED) is 0.456. The maximum atomic E-state index is 12.3. The van der Waals surface area contributed by atoms with Crippen molar-refractivity contribution in [1.29, 1.82) is 0 Å². The number of piperidine rings is 1. The van der Waals surface area contributed by atoms with Crippen molar-refractivity contribution in [3.05, 3.63) is 14.7 Å². The number of halogens is 2. The van der Waals surface area contributed by atoms with Crippen LogP contribution in [0.2, 0.25) is 8.67 Å². The van der Waals surface area contributed by atoms with Crippen molar-refractivity contribution in [2.45, 2.75) is 29.8 Å². The fourth-order valence-corrected chi connectivity index (χ4v) is 5.82. The molecule has 2 bridgehead atoms. The number of carbonyl (C=O) groups is 1. The van der Waals surface area contributed by atoms with Crippen LogP contribution in [-0.4, -0.2) is 54.1 Å². The van der Waals surface area contributed by atoms with Gasteiger partial charge in [-0.1, -0.05) is 23.2 Å². The maximum absolute atomic E-state index is 12.3. The molecule has 0 aromatic carbocycles. The van der Waals surface area contributed by atoms with Crippen molar-refractivity contribution in [1.82, 2.24) is 9.96 Å². The molecule has 2 fully saturated rings. The van der Waals surface area contributed by atoms with Crippen LogP contribution < -0.4 is 5.73 Å². The minimum atomic E-state index is -4.12. The van der Waals surface area contributed by atoms with Crippen molar-refractivity contribution >= 4 is 56.4 Å². The van der Waals surface area contributed by atoms with Crippen LogP contribution in [0.4, 0.5) is 4.79 Å². The molecular weight excluding hydrogens is 387 g/mol. The van der Waals surface area contributed by atoms with Gasteiger partial charge in [-0.2, -0.15) is 8.42 Å². The van der Waals surface area contributed by atoms with Gasteiger partial charge in [-0.05, 0) is 18.9 Å². The number of amidine groups is 1. The number of carbonyl (C=O) groups excluding carboxylic acids is 1. The zero-order chi connectivity index (χ0) is 16.9. The van der Waals surface area contributed by atoms with Crippen LogP contribution >= 0.6 is 34.5 Å². The van der Waals surface area contributed by atoms with E-state index in [1.807, 2.05) is 0 Å². The van der Waals surface area contributed by atoms with Gasteiger partial charge < -0.3 is 10.6 Å². The topological polar surface area (TPSA) is 116 Å². The molecule has 0 spiro atoms. The Morgan fingerprint density at radius 3 is 2.74 bits per heavy atom. The van der Waals surface area contributed by atoms with E-state index in [0.29, 0.717) is 17.9 Å². The first-order chi connectivity index (χ1) is 10.7. The highest BCUT2D eigenvalue weighted by Gasteiger charge is 2.45. The predicted octanol–water partition coefficient (Wildman–Crippen LogP) is 1.76. The Kier molecular flexibility index (Phi) is 4.21. The summed E-state index contributed by atoms with van der Waals surface area (Å²) in [5, 5.41) is 10.3. The summed E-state index contributed by atoms with van der Waals surface area (Å²) < 4.78 is 28.4. The number of nitrogens with two attached hydrogens (primary N) is 1. The molecule has 12 heteroatoms. The SMILES string of the molecule is N/C(=N\S(=O)(=O)c1cc(Cl)sc1Cl)[C@@H]1CC[C@@H]2CN1C(=O)N2O. The summed E-state index contributed by atoms with van der Waals surface area (Å²) in [7, 11) is -4.12. The molecule has 2 amide bonds. The van der Waals surface area contributed by atoms with Gasteiger partial charge in [0.1, 0.15) is 15.1 Å². The molecule has 23 heavy (non-hydrogen) atoms. The van der Waals surface area contributed by atoms with Gasteiger partial charge in [-0.15, -0.1) is 15.7 Å². The van der Waals surface area contributed by atoms with E-state index in [4.69, 9.17) is 28.9 Å². The van der Waals surface area contributed by atoms with Crippen LogP contribution in [-0.2, 0) is 10.0 Å². The van der Waals surface area contributed by atoms with E-state index in [1.165, 1.54) is 11.0 Å². The van der Waals surface area contributed by atoms with Gasteiger partial charge in [0.15, 0.2) is 0 Å². The second-order valence-electron chi connectivity index (χ2n) is 5.21. The van der Waals surface area contributed by atoms with Gasteiger partial charge in [-0.25, -0.2) is 9.86 Å². The number of amides is 2. The third-order valence-electron chi connectivity index (χ3n) is 3.81. The van der Waals surface area contributed by atoms with Crippen LogP contribution in [0.15, 0.2) is 15.4 Å². The van der Waals surface area contributed by atoms with Gasteiger partial charge >= 0.3 is 6.03 Å². The summed E-state index contributed by atoms with van der Waals surface area (Å²) in [4.78, 5) is 13.0. The maximum Gasteiger partial charge on any atom is 0.344 e. The Labute approximate surface area is 146 Å². The van der Waals surface area contributed by atoms with E-state index in [0.717, 1.165) is 11.3 Å². The van der Waals surface area contributed by atoms with E-state index in [-0.39, 0.29) is 32.0 Å². The van der Waals surface area contributed by atoms with Crippen LogP contribution in [0.5, 0.6) is 0 Å². The van der Waals surface area contributed by atoms with E-state index >= 15 is 0 Å². The van der Waals surface area contributed by atoms with E-state index in [2.05, 4.69) is 4.40 Å². The van der Waals surface area contributed by atoms with Crippen LogP contribution in [0.25, 0.3) is 0 Å². The molecule has 1 aromatic heterocycles. The molecule has 2 atom stereocenters. The minimum absolute atomic E-state index is 0.00552. The normalized spacial score (nSPS) is 25.3. The van der Waals surface area contributed by atoms with Crippen molar-refractivity contribution in [3.8, 4) is 0 Å². The second-order valence-corrected chi connectivity index (χ2v) is 9.06. The average molecular weight is 399 g/mol. The summed E-state index contributed by atoms with van der Waals surface area (Å²) >= 11 is 12.5. The Balaban J connectivity index is 1.90. The fourth-order valence-electron chi connectivity index (χ4n) is 2.71. The molecule has 2 aliphatic rings. The third-order valence-corrected chi connectivity index (χ3v) is 6.87. The molecule has 0 aliphatic carbocycles. The Hall–Kier alpha value is -1.07. The number of hydroxylamine groups is 2. The van der Waals surface area contributed by atoms with Crippen molar-refractivity contribution in [3.63, 3.8) is 0 Å². The molecule has 2 aliphatic heterocycles. The number of fused-ring (bicyclic) bond motifs is 2. The highest BCUT2D eigenvalue weighted by atomic mass is 35.5. The summed E-state index contributed by atoms with van der Waals surface area (Å²) in [6.45, 7) is 0.279. The standard InChI is InChI=1S/C11H12Cl2N4O4S2/c12-8-3-7(9(13)22-8)23(20,21)15-10(14)6-2-1-5-4-16(6)11(18)17(5)19/h3,5-6,19H,1-2,4H2,(H2,14,15)/t5-,6+/m1/s1. The number of nitrogens with zero attached hydrogens (tertiary/aromatic N) is 3. The number of thiophene rings is 1. The third kappa shape index (κ3) is 2.89. The molecule has 0 radical (unpaired) electrons. The van der Waals surface area contributed by atoms with Gasteiger partial charge in [0, 0.05) is 6.54 Å². The number of sulfonamides is 1. The van der Waals surface area contributed by atoms with Crippen molar-refractivity contribution in [2.75, 3.05) is 6.54 Å². The van der Waals surface area contributed by atoms with E-state index < -0.39 is 22.1 Å². The second kappa shape index (κ2) is 5.78. The van der Waals surface area contributed by atoms with Crippen molar-refractivity contribution < 1.29 is 18.4 Å². The van der Waals surface area contributed by atoms with Gasteiger partial charge in [0.05, 0.1) is 16.4 Å². The largest absolute Gasteiger partial charge is 0.385 e. The molecule has 3 rings (SSSR count). The lowest BCUT2D eigenvalue weighted by atomic mass is 10.0. The van der Waals surface area contributed by atoms with Crippen LogP contribution in [0, 0.1) is 0 Å².